The van der Waals surface area contributed by atoms with Gasteiger partial charge in [0.25, 0.3) is 5.91 Å². The standard InChI is InChI=1S/C22H25N5O4/c1-14-16(10-29-3)18(24-30-14)21(28)27-12-22(13-27)9-17(26(2)11-22)20-23-19(25-31-20)15-7-5-4-6-8-15/h4-8,17H,9-13H2,1-3H3. The van der Waals surface area contributed by atoms with Gasteiger partial charge in [-0.25, -0.2) is 0 Å². The average molecular weight is 423 g/mol. The van der Waals surface area contributed by atoms with E-state index in [4.69, 9.17) is 13.8 Å². The Morgan fingerprint density at radius 2 is 1.97 bits per heavy atom. The van der Waals surface area contributed by atoms with Crippen molar-refractivity contribution in [3.8, 4) is 11.4 Å². The van der Waals surface area contributed by atoms with Crippen LogP contribution in [0.4, 0.5) is 0 Å². The van der Waals surface area contributed by atoms with Gasteiger partial charge in [0.2, 0.25) is 11.7 Å². The number of amides is 1. The van der Waals surface area contributed by atoms with Gasteiger partial charge in [0, 0.05) is 37.7 Å². The number of hydrogen-bond acceptors (Lipinski definition) is 8. The predicted octanol–water partition coefficient (Wildman–Crippen LogP) is 2.70. The molecule has 0 saturated carbocycles. The summed E-state index contributed by atoms with van der Waals surface area (Å²) in [6.45, 7) is 4.31. The number of carbonyl (C=O) groups is 1. The molecule has 5 rings (SSSR count). The minimum Gasteiger partial charge on any atom is -0.380 e. The van der Waals surface area contributed by atoms with E-state index in [9.17, 15) is 4.79 Å². The molecule has 0 bridgehead atoms. The van der Waals surface area contributed by atoms with E-state index in [1.54, 1.807) is 14.0 Å². The van der Waals surface area contributed by atoms with Crippen molar-refractivity contribution in [1.29, 1.82) is 0 Å². The van der Waals surface area contributed by atoms with Crippen LogP contribution in [0.15, 0.2) is 39.4 Å². The van der Waals surface area contributed by atoms with Gasteiger partial charge in [-0.15, -0.1) is 0 Å². The number of likely N-dealkylation sites (tertiary alicyclic amines) is 2. The quantitative estimate of drug-likeness (QED) is 0.618. The summed E-state index contributed by atoms with van der Waals surface area (Å²) in [6, 6.07) is 9.84. The third-order valence-electron chi connectivity index (χ3n) is 6.32. The molecule has 2 saturated heterocycles. The van der Waals surface area contributed by atoms with Crippen LogP contribution in [0.2, 0.25) is 0 Å². The van der Waals surface area contributed by atoms with Crippen LogP contribution in [-0.4, -0.2) is 64.8 Å². The third kappa shape index (κ3) is 3.43. The Morgan fingerprint density at radius 1 is 1.19 bits per heavy atom. The van der Waals surface area contributed by atoms with Crippen molar-refractivity contribution in [3.05, 3.63) is 53.2 Å². The van der Waals surface area contributed by atoms with Gasteiger partial charge >= 0.3 is 0 Å². The molecule has 2 aliphatic rings. The summed E-state index contributed by atoms with van der Waals surface area (Å²) in [4.78, 5) is 21.7. The number of aromatic nitrogens is 3. The number of benzene rings is 1. The first kappa shape index (κ1) is 19.9. The number of methoxy groups -OCH3 is 1. The molecule has 9 nitrogen and oxygen atoms in total. The summed E-state index contributed by atoms with van der Waals surface area (Å²) >= 11 is 0. The van der Waals surface area contributed by atoms with Crippen molar-refractivity contribution in [3.63, 3.8) is 0 Å². The van der Waals surface area contributed by atoms with Gasteiger partial charge in [-0.2, -0.15) is 4.98 Å². The zero-order chi connectivity index (χ0) is 21.6. The second-order valence-electron chi connectivity index (χ2n) is 8.62. The average Bonchev–Trinajstić information content (AvgIpc) is 3.45. The molecular formula is C22H25N5O4. The molecule has 4 heterocycles. The van der Waals surface area contributed by atoms with Gasteiger partial charge in [0.15, 0.2) is 5.69 Å². The monoisotopic (exact) mass is 423 g/mol. The van der Waals surface area contributed by atoms with Crippen LogP contribution in [0.25, 0.3) is 11.4 Å². The normalized spacial score (nSPS) is 20.4. The van der Waals surface area contributed by atoms with Gasteiger partial charge in [-0.05, 0) is 20.4 Å². The molecule has 0 radical (unpaired) electrons. The van der Waals surface area contributed by atoms with Crippen molar-refractivity contribution in [1.82, 2.24) is 25.1 Å². The predicted molar refractivity (Wildman–Crippen MR) is 110 cm³/mol. The highest BCUT2D eigenvalue weighted by molar-refractivity contribution is 5.94. The van der Waals surface area contributed by atoms with E-state index in [0.717, 1.165) is 18.5 Å². The molecule has 1 spiro atoms. The van der Waals surface area contributed by atoms with Crippen LogP contribution in [-0.2, 0) is 11.3 Å². The molecule has 9 heteroatoms. The molecule has 0 aliphatic carbocycles. The summed E-state index contributed by atoms with van der Waals surface area (Å²) in [5.74, 6) is 1.73. The molecule has 2 aliphatic heterocycles. The van der Waals surface area contributed by atoms with Crippen molar-refractivity contribution < 1.29 is 18.6 Å². The summed E-state index contributed by atoms with van der Waals surface area (Å²) in [7, 11) is 3.66. The molecule has 31 heavy (non-hydrogen) atoms. The molecule has 2 aromatic heterocycles. The highest BCUT2D eigenvalue weighted by atomic mass is 16.5. The van der Waals surface area contributed by atoms with Crippen LogP contribution < -0.4 is 0 Å². The molecule has 1 unspecified atom stereocenters. The minimum absolute atomic E-state index is 0.0245. The molecule has 2 fully saturated rings. The number of rotatable bonds is 5. The Balaban J connectivity index is 1.27. The van der Waals surface area contributed by atoms with Crippen molar-refractivity contribution >= 4 is 5.91 Å². The largest absolute Gasteiger partial charge is 0.380 e. The SMILES string of the molecule is COCc1c(C(=O)N2CC3(CC(c4nc(-c5ccccc5)no4)N(C)C3)C2)noc1C. The molecule has 162 valence electrons. The lowest BCUT2D eigenvalue weighted by Gasteiger charge is -2.47. The first-order chi connectivity index (χ1) is 15.0. The van der Waals surface area contributed by atoms with Crippen molar-refractivity contribution in [2.75, 3.05) is 33.8 Å². The zero-order valence-corrected chi connectivity index (χ0v) is 17.9. The third-order valence-corrected chi connectivity index (χ3v) is 6.32. The van der Waals surface area contributed by atoms with Gasteiger partial charge in [-0.1, -0.05) is 40.6 Å². The van der Waals surface area contributed by atoms with Crippen molar-refractivity contribution in [2.45, 2.75) is 26.0 Å². The summed E-state index contributed by atoms with van der Waals surface area (Å²) in [5, 5.41) is 8.13. The van der Waals surface area contributed by atoms with E-state index in [0.29, 0.717) is 48.4 Å². The van der Waals surface area contributed by atoms with E-state index in [2.05, 4.69) is 27.2 Å². The highest BCUT2D eigenvalue weighted by Gasteiger charge is 2.53. The Labute approximate surface area is 179 Å². The van der Waals surface area contributed by atoms with Gasteiger partial charge in [0.1, 0.15) is 5.76 Å². The minimum atomic E-state index is -0.107. The van der Waals surface area contributed by atoms with Gasteiger partial charge in [-0.3, -0.25) is 9.69 Å². The number of ether oxygens (including phenoxy) is 1. The van der Waals surface area contributed by atoms with E-state index >= 15 is 0 Å². The highest BCUT2D eigenvalue weighted by Crippen LogP contribution is 2.47. The van der Waals surface area contributed by atoms with Crippen LogP contribution in [0.3, 0.4) is 0 Å². The summed E-state index contributed by atoms with van der Waals surface area (Å²) in [5.41, 5.74) is 2.02. The summed E-state index contributed by atoms with van der Waals surface area (Å²) < 4.78 is 16.0. The first-order valence-electron chi connectivity index (χ1n) is 10.3. The number of carbonyl (C=O) groups excluding carboxylic acids is 1. The maximum Gasteiger partial charge on any atom is 0.276 e. The second-order valence-corrected chi connectivity index (χ2v) is 8.62. The van der Waals surface area contributed by atoms with E-state index < -0.39 is 0 Å². The number of nitrogens with zero attached hydrogens (tertiary/aromatic N) is 5. The molecule has 1 amide bonds. The summed E-state index contributed by atoms with van der Waals surface area (Å²) in [6.07, 6.45) is 0.868. The maximum absolute atomic E-state index is 13.0. The Hall–Kier alpha value is -3.04. The van der Waals surface area contributed by atoms with E-state index in [-0.39, 0.29) is 17.4 Å². The number of aryl methyl sites for hydroxylation is 1. The van der Waals surface area contributed by atoms with Crippen LogP contribution in [0, 0.1) is 12.3 Å². The van der Waals surface area contributed by atoms with Gasteiger partial charge in [0.05, 0.1) is 18.2 Å². The van der Waals surface area contributed by atoms with E-state index in [1.165, 1.54) is 0 Å². The molecule has 1 atom stereocenters. The Bertz CT molecular complexity index is 1090. The Morgan fingerprint density at radius 3 is 2.71 bits per heavy atom. The molecular weight excluding hydrogens is 398 g/mol. The molecule has 1 aromatic carbocycles. The molecule has 3 aromatic rings. The lowest BCUT2D eigenvalue weighted by molar-refractivity contribution is 0.0104. The fourth-order valence-corrected chi connectivity index (χ4v) is 4.78. The zero-order valence-electron chi connectivity index (χ0n) is 17.9. The van der Waals surface area contributed by atoms with Crippen LogP contribution in [0.5, 0.6) is 0 Å². The Kier molecular flexibility index (Phi) is 4.86. The molecule has 0 N–H and O–H groups in total. The second kappa shape index (κ2) is 7.58. The van der Waals surface area contributed by atoms with Gasteiger partial charge < -0.3 is 18.7 Å². The lowest BCUT2D eigenvalue weighted by Crippen LogP contribution is -2.59. The fraction of sp³-hybridized carbons (Fsp3) is 0.455. The number of hydrogen-bond donors (Lipinski definition) is 0. The van der Waals surface area contributed by atoms with Crippen LogP contribution in [0.1, 0.15) is 40.2 Å². The first-order valence-corrected chi connectivity index (χ1v) is 10.3. The smallest absolute Gasteiger partial charge is 0.276 e. The fourth-order valence-electron chi connectivity index (χ4n) is 4.78. The van der Waals surface area contributed by atoms with Crippen LogP contribution >= 0.6 is 0 Å². The van der Waals surface area contributed by atoms with Crippen molar-refractivity contribution in [2.24, 2.45) is 5.41 Å². The maximum atomic E-state index is 13.0. The topological polar surface area (TPSA) is 97.7 Å². The van der Waals surface area contributed by atoms with E-state index in [1.807, 2.05) is 35.2 Å². The lowest BCUT2D eigenvalue weighted by atomic mass is 9.77.